The predicted molar refractivity (Wildman–Crippen MR) is 94.9 cm³/mol. The van der Waals surface area contributed by atoms with E-state index in [0.29, 0.717) is 35.6 Å². The van der Waals surface area contributed by atoms with E-state index < -0.39 is 16.1 Å². The molecule has 6 nitrogen and oxygen atoms in total. The number of hydrogen-bond donors (Lipinski definition) is 1. The lowest BCUT2D eigenvalue weighted by atomic mass is 10.2. The Balaban J connectivity index is 1.70. The number of hydrogen-bond acceptors (Lipinski definition) is 4. The van der Waals surface area contributed by atoms with Crippen LogP contribution in [-0.2, 0) is 10.0 Å². The summed E-state index contributed by atoms with van der Waals surface area (Å²) in [6.45, 7) is 0.421. The molecule has 3 aromatic rings. The van der Waals surface area contributed by atoms with Gasteiger partial charge in [0.2, 0.25) is 10.0 Å². The largest absolute Gasteiger partial charge is 0.497 e. The maximum atomic E-state index is 13.4. The Morgan fingerprint density at radius 1 is 1.23 bits per heavy atom. The predicted octanol–water partition coefficient (Wildman–Crippen LogP) is 3.24. The fourth-order valence-corrected chi connectivity index (χ4v) is 5.00. The molecule has 4 rings (SSSR count). The summed E-state index contributed by atoms with van der Waals surface area (Å²) in [5.74, 6) is 0.781. The summed E-state index contributed by atoms with van der Waals surface area (Å²) in [5.41, 5.74) is 1.18. The zero-order valence-electron chi connectivity index (χ0n) is 14.1. The van der Waals surface area contributed by atoms with E-state index in [9.17, 15) is 12.8 Å². The molecule has 0 amide bonds. The maximum Gasteiger partial charge on any atom is 0.243 e. The van der Waals surface area contributed by atoms with Gasteiger partial charge in [0.05, 0.1) is 29.1 Å². The first kappa shape index (κ1) is 17.0. The van der Waals surface area contributed by atoms with Crippen molar-refractivity contribution in [1.29, 1.82) is 0 Å². The highest BCUT2D eigenvalue weighted by atomic mass is 32.2. The molecule has 0 radical (unpaired) electrons. The van der Waals surface area contributed by atoms with E-state index in [2.05, 4.69) is 9.97 Å². The van der Waals surface area contributed by atoms with Crippen LogP contribution in [0.3, 0.4) is 0 Å². The van der Waals surface area contributed by atoms with Gasteiger partial charge in [-0.2, -0.15) is 4.31 Å². The second kappa shape index (κ2) is 6.37. The molecule has 1 N–H and O–H groups in total. The Hall–Kier alpha value is -2.45. The number of nitrogens with zero attached hydrogens (tertiary/aromatic N) is 2. The van der Waals surface area contributed by atoms with E-state index >= 15 is 0 Å². The van der Waals surface area contributed by atoms with E-state index in [1.807, 2.05) is 0 Å². The number of fused-ring (bicyclic) bond motifs is 1. The summed E-state index contributed by atoms with van der Waals surface area (Å²) in [4.78, 5) is 7.76. The van der Waals surface area contributed by atoms with Crippen molar-refractivity contribution in [3.8, 4) is 5.75 Å². The van der Waals surface area contributed by atoms with Crippen LogP contribution < -0.4 is 4.74 Å². The highest BCUT2D eigenvalue weighted by Crippen LogP contribution is 2.36. The lowest BCUT2D eigenvalue weighted by Gasteiger charge is -2.22. The third-order valence-corrected chi connectivity index (χ3v) is 6.57. The van der Waals surface area contributed by atoms with Crippen LogP contribution in [0.2, 0.25) is 0 Å². The smallest absolute Gasteiger partial charge is 0.243 e. The molecule has 8 heteroatoms. The molecule has 136 valence electrons. The highest BCUT2D eigenvalue weighted by molar-refractivity contribution is 7.89. The Morgan fingerprint density at radius 2 is 2.00 bits per heavy atom. The maximum absolute atomic E-state index is 13.4. The topological polar surface area (TPSA) is 75.3 Å². The molecule has 0 saturated carbocycles. The number of halogens is 1. The number of rotatable bonds is 4. The van der Waals surface area contributed by atoms with Crippen LogP contribution in [-0.4, -0.2) is 36.3 Å². The van der Waals surface area contributed by atoms with E-state index in [1.165, 1.54) is 35.7 Å². The third kappa shape index (κ3) is 2.85. The van der Waals surface area contributed by atoms with Gasteiger partial charge in [0.1, 0.15) is 17.4 Å². The first-order valence-electron chi connectivity index (χ1n) is 8.30. The van der Waals surface area contributed by atoms with Crippen molar-refractivity contribution in [3.63, 3.8) is 0 Å². The molecular formula is C18H18FN3O3S. The second-order valence-electron chi connectivity index (χ2n) is 6.23. The van der Waals surface area contributed by atoms with E-state index in [-0.39, 0.29) is 10.7 Å². The Morgan fingerprint density at radius 3 is 2.73 bits per heavy atom. The average Bonchev–Trinajstić information content (AvgIpc) is 3.28. The van der Waals surface area contributed by atoms with Crippen molar-refractivity contribution < 1.29 is 17.5 Å². The van der Waals surface area contributed by atoms with Crippen LogP contribution in [0, 0.1) is 5.82 Å². The first-order valence-corrected chi connectivity index (χ1v) is 9.74. The summed E-state index contributed by atoms with van der Waals surface area (Å²) in [6, 6.07) is 10.2. The summed E-state index contributed by atoms with van der Waals surface area (Å²) < 4.78 is 46.1. The van der Waals surface area contributed by atoms with Crippen molar-refractivity contribution in [1.82, 2.24) is 14.3 Å². The molecule has 2 aromatic carbocycles. The molecule has 1 aliphatic heterocycles. The zero-order chi connectivity index (χ0) is 18.3. The number of ether oxygens (including phenoxy) is 1. The second-order valence-corrected chi connectivity index (χ2v) is 8.12. The molecule has 1 aromatic heterocycles. The van der Waals surface area contributed by atoms with E-state index in [4.69, 9.17) is 4.74 Å². The Bertz CT molecular complexity index is 1050. The monoisotopic (exact) mass is 375 g/mol. The highest BCUT2D eigenvalue weighted by Gasteiger charge is 2.37. The minimum atomic E-state index is -3.66. The van der Waals surface area contributed by atoms with Crippen LogP contribution in [0.1, 0.15) is 24.7 Å². The zero-order valence-corrected chi connectivity index (χ0v) is 15.0. The number of imidazole rings is 1. The molecule has 26 heavy (non-hydrogen) atoms. The summed E-state index contributed by atoms with van der Waals surface area (Å²) >= 11 is 0. The van der Waals surface area contributed by atoms with E-state index in [0.717, 1.165) is 6.42 Å². The van der Waals surface area contributed by atoms with Crippen molar-refractivity contribution in [2.75, 3.05) is 13.7 Å². The van der Waals surface area contributed by atoms with Gasteiger partial charge in [0, 0.05) is 6.54 Å². The van der Waals surface area contributed by atoms with Crippen molar-refractivity contribution in [2.45, 2.75) is 23.8 Å². The van der Waals surface area contributed by atoms with Gasteiger partial charge in [-0.3, -0.25) is 0 Å². The van der Waals surface area contributed by atoms with Gasteiger partial charge < -0.3 is 9.72 Å². The van der Waals surface area contributed by atoms with Gasteiger partial charge in [-0.05, 0) is 55.3 Å². The standard InChI is InChI=1S/C18H18FN3O3S/c1-25-13-5-7-14(8-6-13)26(23,24)22-10-2-3-17(22)18-20-15-9-4-12(19)11-16(15)21-18/h4-9,11,17H,2-3,10H2,1H3,(H,20,21). The lowest BCUT2D eigenvalue weighted by molar-refractivity contribution is 0.385. The Kier molecular flexibility index (Phi) is 4.16. The molecule has 1 unspecified atom stereocenters. The molecule has 0 aliphatic carbocycles. The molecule has 0 spiro atoms. The van der Waals surface area contributed by atoms with Gasteiger partial charge in [-0.15, -0.1) is 0 Å². The minimum Gasteiger partial charge on any atom is -0.497 e. The number of benzene rings is 2. The number of aromatic amines is 1. The SMILES string of the molecule is COc1ccc(S(=O)(=O)N2CCCC2c2nc3ccc(F)cc3[nH]2)cc1. The lowest BCUT2D eigenvalue weighted by Crippen LogP contribution is -2.31. The van der Waals surface area contributed by atoms with Crippen LogP contribution in [0.5, 0.6) is 5.75 Å². The van der Waals surface area contributed by atoms with Crippen molar-refractivity contribution >= 4 is 21.1 Å². The normalized spacial score (nSPS) is 18.5. The van der Waals surface area contributed by atoms with Crippen LogP contribution >= 0.6 is 0 Å². The van der Waals surface area contributed by atoms with Gasteiger partial charge >= 0.3 is 0 Å². The molecule has 2 heterocycles. The Labute approximate surface area is 150 Å². The summed E-state index contributed by atoms with van der Waals surface area (Å²) in [7, 11) is -2.13. The summed E-state index contributed by atoms with van der Waals surface area (Å²) in [6.07, 6.45) is 1.41. The number of H-pyrrole nitrogens is 1. The average molecular weight is 375 g/mol. The molecule has 1 fully saturated rings. The molecular weight excluding hydrogens is 357 g/mol. The fraction of sp³-hybridized carbons (Fsp3) is 0.278. The number of aromatic nitrogens is 2. The fourth-order valence-electron chi connectivity index (χ4n) is 3.34. The van der Waals surface area contributed by atoms with Gasteiger partial charge in [0.25, 0.3) is 0 Å². The van der Waals surface area contributed by atoms with Crippen molar-refractivity contribution in [2.24, 2.45) is 0 Å². The summed E-state index contributed by atoms with van der Waals surface area (Å²) in [5, 5.41) is 0. The molecule has 1 aliphatic rings. The molecule has 1 atom stereocenters. The molecule has 1 saturated heterocycles. The van der Waals surface area contributed by atoms with Gasteiger partial charge in [-0.25, -0.2) is 17.8 Å². The van der Waals surface area contributed by atoms with Crippen LogP contribution in [0.25, 0.3) is 11.0 Å². The van der Waals surface area contributed by atoms with Gasteiger partial charge in [0.15, 0.2) is 0 Å². The molecule has 0 bridgehead atoms. The number of methoxy groups -OCH3 is 1. The quantitative estimate of drug-likeness (QED) is 0.760. The third-order valence-electron chi connectivity index (χ3n) is 4.65. The minimum absolute atomic E-state index is 0.215. The van der Waals surface area contributed by atoms with Crippen LogP contribution in [0.4, 0.5) is 4.39 Å². The van der Waals surface area contributed by atoms with Crippen molar-refractivity contribution in [3.05, 3.63) is 54.1 Å². The van der Waals surface area contributed by atoms with Crippen LogP contribution in [0.15, 0.2) is 47.4 Å². The van der Waals surface area contributed by atoms with E-state index in [1.54, 1.807) is 18.2 Å². The number of sulfonamides is 1. The number of nitrogens with one attached hydrogen (secondary N) is 1. The van der Waals surface area contributed by atoms with Gasteiger partial charge in [-0.1, -0.05) is 0 Å². The first-order chi connectivity index (χ1) is 12.5.